The van der Waals surface area contributed by atoms with Gasteiger partial charge in [-0.05, 0) is 42.8 Å². The molecule has 33 heavy (non-hydrogen) atoms. The molecule has 0 atom stereocenters. The van der Waals surface area contributed by atoms with Crippen molar-refractivity contribution in [3.05, 3.63) is 64.8 Å². The maximum atomic E-state index is 13.8. The molecule has 11 heteroatoms. The number of hydrogen-bond acceptors (Lipinski definition) is 5. The number of nitrogens with zero attached hydrogens (tertiary/aromatic N) is 3. The summed E-state index contributed by atoms with van der Waals surface area (Å²) in [4.78, 5) is 30.4. The summed E-state index contributed by atoms with van der Waals surface area (Å²) in [5, 5.41) is 6.61. The van der Waals surface area contributed by atoms with E-state index in [1.807, 2.05) is 6.92 Å². The van der Waals surface area contributed by atoms with E-state index in [9.17, 15) is 22.8 Å². The van der Waals surface area contributed by atoms with Gasteiger partial charge in [0, 0.05) is 30.0 Å². The Labute approximate surface area is 192 Å². The van der Waals surface area contributed by atoms with Gasteiger partial charge in [-0.3, -0.25) is 9.59 Å². The Balaban J connectivity index is 1.58. The molecule has 1 heterocycles. The van der Waals surface area contributed by atoms with Gasteiger partial charge in [0.2, 0.25) is 23.5 Å². The SMILES string of the molecule is CCCN(CC(=O)Nc1ccc(F)c(F)c1F)C(=O)CCc1nc(-c2ccc(Cl)cc2)no1. The first-order valence-electron chi connectivity index (χ1n) is 10.1. The summed E-state index contributed by atoms with van der Waals surface area (Å²) in [6, 6.07) is 8.46. The van der Waals surface area contributed by atoms with E-state index >= 15 is 0 Å². The molecule has 0 spiro atoms. The summed E-state index contributed by atoms with van der Waals surface area (Å²) in [5.74, 6) is -5.07. The third kappa shape index (κ3) is 6.32. The van der Waals surface area contributed by atoms with Crippen LogP contribution in [0.2, 0.25) is 5.02 Å². The third-order valence-corrected chi connectivity index (χ3v) is 4.87. The molecule has 0 aliphatic heterocycles. The molecule has 0 bridgehead atoms. The van der Waals surface area contributed by atoms with Gasteiger partial charge in [0.05, 0.1) is 12.2 Å². The lowest BCUT2D eigenvalue weighted by Crippen LogP contribution is -2.38. The maximum absolute atomic E-state index is 13.8. The van der Waals surface area contributed by atoms with Gasteiger partial charge in [0.1, 0.15) is 0 Å². The van der Waals surface area contributed by atoms with Crippen LogP contribution in [0.4, 0.5) is 18.9 Å². The molecule has 2 amide bonds. The second kappa shape index (κ2) is 11.0. The summed E-state index contributed by atoms with van der Waals surface area (Å²) in [6.07, 6.45) is 0.716. The fourth-order valence-corrected chi connectivity index (χ4v) is 3.12. The number of carbonyl (C=O) groups excluding carboxylic acids is 2. The molecule has 1 aromatic heterocycles. The lowest BCUT2D eigenvalue weighted by molar-refractivity contribution is -0.134. The van der Waals surface area contributed by atoms with Gasteiger partial charge < -0.3 is 14.7 Å². The largest absolute Gasteiger partial charge is 0.339 e. The van der Waals surface area contributed by atoms with E-state index in [0.29, 0.717) is 28.9 Å². The highest BCUT2D eigenvalue weighted by molar-refractivity contribution is 6.30. The fourth-order valence-electron chi connectivity index (χ4n) is 2.99. The Morgan fingerprint density at radius 1 is 1.09 bits per heavy atom. The van der Waals surface area contributed by atoms with Crippen molar-refractivity contribution in [1.82, 2.24) is 15.0 Å². The summed E-state index contributed by atoms with van der Waals surface area (Å²) >= 11 is 5.86. The lowest BCUT2D eigenvalue weighted by atomic mass is 10.2. The first kappa shape index (κ1) is 24.2. The minimum atomic E-state index is -1.69. The predicted octanol–water partition coefficient (Wildman–Crippen LogP) is 4.62. The standard InChI is InChI=1S/C22H20ClF3N4O3/c1-2-11-30(12-17(31)27-16-8-7-15(24)20(25)21(16)26)19(32)10-9-18-28-22(29-33-18)13-3-5-14(23)6-4-13/h3-8H,2,9-12H2,1H3,(H,27,31). The quantitative estimate of drug-likeness (QED) is 0.452. The second-order valence-electron chi connectivity index (χ2n) is 7.10. The van der Waals surface area contributed by atoms with Gasteiger partial charge in [0.25, 0.3) is 0 Å². The number of anilines is 1. The number of aromatic nitrogens is 2. The van der Waals surface area contributed by atoms with Crippen molar-refractivity contribution in [2.24, 2.45) is 0 Å². The van der Waals surface area contributed by atoms with Crippen LogP contribution in [0.3, 0.4) is 0 Å². The van der Waals surface area contributed by atoms with Gasteiger partial charge in [-0.1, -0.05) is 23.7 Å². The summed E-state index contributed by atoms with van der Waals surface area (Å²) in [5.41, 5.74) is 0.192. The number of nitrogens with one attached hydrogen (secondary N) is 1. The van der Waals surface area contributed by atoms with Gasteiger partial charge in [-0.15, -0.1) is 0 Å². The number of rotatable bonds is 9. The second-order valence-corrected chi connectivity index (χ2v) is 7.54. The zero-order chi connectivity index (χ0) is 24.0. The Bertz CT molecular complexity index is 1140. The smallest absolute Gasteiger partial charge is 0.244 e. The van der Waals surface area contributed by atoms with Crippen LogP contribution in [0.25, 0.3) is 11.4 Å². The molecule has 0 radical (unpaired) electrons. The van der Waals surface area contributed by atoms with Crippen LogP contribution in [0.1, 0.15) is 25.7 Å². The fraction of sp³-hybridized carbons (Fsp3) is 0.273. The zero-order valence-corrected chi connectivity index (χ0v) is 18.3. The van der Waals surface area contributed by atoms with Crippen molar-refractivity contribution in [2.75, 3.05) is 18.4 Å². The molecule has 3 rings (SSSR count). The molecule has 174 valence electrons. The molecule has 7 nitrogen and oxygen atoms in total. The number of carbonyl (C=O) groups is 2. The first-order valence-corrected chi connectivity index (χ1v) is 10.5. The molecule has 0 aliphatic rings. The molecular formula is C22H20ClF3N4O3. The molecule has 0 aliphatic carbocycles. The van der Waals surface area contributed by atoms with Crippen LogP contribution in [0, 0.1) is 17.5 Å². The molecule has 1 N–H and O–H groups in total. The van der Waals surface area contributed by atoms with E-state index in [1.54, 1.807) is 24.3 Å². The summed E-state index contributed by atoms with van der Waals surface area (Å²) in [6.45, 7) is 1.71. The van der Waals surface area contributed by atoms with Crippen molar-refractivity contribution in [2.45, 2.75) is 26.2 Å². The van der Waals surface area contributed by atoms with Crippen LogP contribution < -0.4 is 5.32 Å². The molecule has 0 saturated heterocycles. The number of halogens is 4. The molecule has 3 aromatic rings. The van der Waals surface area contributed by atoms with E-state index in [2.05, 4.69) is 15.5 Å². The molecule has 2 aromatic carbocycles. The molecule has 0 saturated carbocycles. The Hall–Kier alpha value is -3.40. The minimum absolute atomic E-state index is 0.00489. The average Bonchev–Trinajstić information content (AvgIpc) is 3.27. The predicted molar refractivity (Wildman–Crippen MR) is 115 cm³/mol. The topological polar surface area (TPSA) is 88.3 Å². The van der Waals surface area contributed by atoms with Gasteiger partial charge >= 0.3 is 0 Å². The van der Waals surface area contributed by atoms with Crippen molar-refractivity contribution >= 4 is 29.1 Å². The van der Waals surface area contributed by atoms with Gasteiger partial charge in [-0.2, -0.15) is 4.98 Å². The number of aryl methyl sites for hydroxylation is 1. The number of hydrogen-bond donors (Lipinski definition) is 1. The number of benzene rings is 2. The monoisotopic (exact) mass is 480 g/mol. The van der Waals surface area contributed by atoms with E-state index in [4.69, 9.17) is 16.1 Å². The third-order valence-electron chi connectivity index (χ3n) is 4.61. The van der Waals surface area contributed by atoms with Crippen LogP contribution in [-0.2, 0) is 16.0 Å². The maximum Gasteiger partial charge on any atom is 0.244 e. The number of amides is 2. The lowest BCUT2D eigenvalue weighted by Gasteiger charge is -2.21. The van der Waals surface area contributed by atoms with Crippen molar-refractivity contribution < 1.29 is 27.3 Å². The van der Waals surface area contributed by atoms with Crippen LogP contribution in [0.15, 0.2) is 40.9 Å². The zero-order valence-electron chi connectivity index (χ0n) is 17.6. The minimum Gasteiger partial charge on any atom is -0.339 e. The van der Waals surface area contributed by atoms with Crippen molar-refractivity contribution in [3.8, 4) is 11.4 Å². The average molecular weight is 481 g/mol. The van der Waals surface area contributed by atoms with Crippen molar-refractivity contribution in [3.63, 3.8) is 0 Å². The molecular weight excluding hydrogens is 461 g/mol. The normalized spacial score (nSPS) is 10.8. The summed E-state index contributed by atoms with van der Waals surface area (Å²) in [7, 11) is 0. The van der Waals surface area contributed by atoms with Crippen LogP contribution >= 0.6 is 11.6 Å². The van der Waals surface area contributed by atoms with E-state index in [1.165, 1.54) is 4.90 Å². The van der Waals surface area contributed by atoms with Crippen LogP contribution in [0.5, 0.6) is 0 Å². The Morgan fingerprint density at radius 3 is 2.52 bits per heavy atom. The van der Waals surface area contributed by atoms with Gasteiger partial charge in [-0.25, -0.2) is 13.2 Å². The summed E-state index contributed by atoms with van der Waals surface area (Å²) < 4.78 is 45.4. The first-order chi connectivity index (χ1) is 15.8. The highest BCUT2D eigenvalue weighted by atomic mass is 35.5. The highest BCUT2D eigenvalue weighted by Crippen LogP contribution is 2.20. The van der Waals surface area contributed by atoms with Gasteiger partial charge in [0.15, 0.2) is 17.5 Å². The Morgan fingerprint density at radius 2 is 1.82 bits per heavy atom. The van der Waals surface area contributed by atoms with E-state index in [0.717, 1.165) is 6.07 Å². The Kier molecular flexibility index (Phi) is 8.05. The molecule has 0 unspecified atom stereocenters. The highest BCUT2D eigenvalue weighted by Gasteiger charge is 2.20. The molecule has 0 fully saturated rings. The van der Waals surface area contributed by atoms with E-state index < -0.39 is 29.0 Å². The van der Waals surface area contributed by atoms with E-state index in [-0.39, 0.29) is 37.7 Å². The van der Waals surface area contributed by atoms with Crippen molar-refractivity contribution in [1.29, 1.82) is 0 Å². The van der Waals surface area contributed by atoms with Crippen LogP contribution in [-0.4, -0.2) is 39.9 Å².